The van der Waals surface area contributed by atoms with Crippen molar-refractivity contribution in [3.8, 4) is 0 Å². The summed E-state index contributed by atoms with van der Waals surface area (Å²) < 4.78 is 34.0. The van der Waals surface area contributed by atoms with Crippen LogP contribution < -0.4 is 15.8 Å². The van der Waals surface area contributed by atoms with Crippen molar-refractivity contribution in [2.45, 2.75) is 43.7 Å². The minimum atomic E-state index is -3.71. The number of nitrogens with two attached hydrogens (primary N) is 1. The Morgan fingerprint density at radius 3 is 2.96 bits per heavy atom. The van der Waals surface area contributed by atoms with Crippen LogP contribution in [-0.4, -0.2) is 53.4 Å². The summed E-state index contributed by atoms with van der Waals surface area (Å²) in [6.45, 7) is 5.99. The van der Waals surface area contributed by atoms with Crippen LogP contribution >= 0.6 is 0 Å². The topological polar surface area (TPSA) is 115 Å². The zero-order chi connectivity index (χ0) is 19.5. The van der Waals surface area contributed by atoms with E-state index >= 15 is 0 Å². The molecule has 8 nitrogen and oxygen atoms in total. The van der Waals surface area contributed by atoms with E-state index in [4.69, 9.17) is 14.6 Å². The van der Waals surface area contributed by atoms with Crippen LogP contribution in [0.5, 0.6) is 0 Å². The maximum absolute atomic E-state index is 11.4. The van der Waals surface area contributed by atoms with Gasteiger partial charge in [-0.3, -0.25) is 0 Å². The molecule has 0 radical (unpaired) electrons. The number of primary sulfonamides is 1. The smallest absolute Gasteiger partial charge is 0.238 e. The molecule has 0 bridgehead atoms. The number of nitrogens with zero attached hydrogens (tertiary/aromatic N) is 1. The van der Waals surface area contributed by atoms with E-state index in [-0.39, 0.29) is 11.0 Å². The molecule has 4 N–H and O–H groups in total. The number of nitrogens with one attached hydrogen (secondary N) is 2. The molecule has 1 aromatic rings. The predicted octanol–water partition coefficient (Wildman–Crippen LogP) is 0.975. The van der Waals surface area contributed by atoms with Gasteiger partial charge in [-0.05, 0) is 43.9 Å². The molecule has 0 spiro atoms. The van der Waals surface area contributed by atoms with E-state index in [1.807, 2.05) is 13.0 Å². The normalized spacial score (nSPS) is 17.9. The zero-order valence-corrected chi connectivity index (χ0v) is 16.6. The first-order valence-electron chi connectivity index (χ1n) is 9.32. The van der Waals surface area contributed by atoms with Crippen molar-refractivity contribution in [1.82, 2.24) is 10.6 Å². The Balaban J connectivity index is 1.74. The van der Waals surface area contributed by atoms with Crippen molar-refractivity contribution in [1.29, 1.82) is 0 Å². The number of guanidine groups is 1. The minimum absolute atomic E-state index is 0.0940. The number of ether oxygens (including phenoxy) is 2. The Morgan fingerprint density at radius 2 is 2.26 bits per heavy atom. The summed E-state index contributed by atoms with van der Waals surface area (Å²) >= 11 is 0. The van der Waals surface area contributed by atoms with Crippen molar-refractivity contribution in [3.63, 3.8) is 0 Å². The lowest BCUT2D eigenvalue weighted by atomic mass is 10.2. The van der Waals surface area contributed by atoms with Gasteiger partial charge in [0.2, 0.25) is 10.0 Å². The van der Waals surface area contributed by atoms with Crippen molar-refractivity contribution in [2.75, 3.05) is 32.9 Å². The average molecular weight is 399 g/mol. The molecule has 9 heteroatoms. The van der Waals surface area contributed by atoms with Gasteiger partial charge in [0.05, 0.1) is 24.2 Å². The molecule has 0 saturated carbocycles. The molecule has 0 aromatic heterocycles. The third-order valence-corrected chi connectivity index (χ3v) is 4.99. The zero-order valence-electron chi connectivity index (χ0n) is 15.8. The van der Waals surface area contributed by atoms with Crippen LogP contribution in [0.15, 0.2) is 34.2 Å². The number of hydrogen-bond acceptors (Lipinski definition) is 5. The lowest BCUT2D eigenvalue weighted by molar-refractivity contribution is 0.0168. The molecule has 1 heterocycles. The van der Waals surface area contributed by atoms with E-state index in [1.165, 1.54) is 6.07 Å². The highest BCUT2D eigenvalue weighted by atomic mass is 32.2. The van der Waals surface area contributed by atoms with Gasteiger partial charge in [0, 0.05) is 26.3 Å². The Morgan fingerprint density at radius 1 is 1.41 bits per heavy atom. The molecule has 1 aliphatic rings. The van der Waals surface area contributed by atoms with Gasteiger partial charge in [0.15, 0.2) is 5.96 Å². The summed E-state index contributed by atoms with van der Waals surface area (Å²) in [5.41, 5.74) is 0.777. The maximum Gasteiger partial charge on any atom is 0.238 e. The van der Waals surface area contributed by atoms with Gasteiger partial charge in [-0.15, -0.1) is 0 Å². The Kier molecular flexibility index (Phi) is 8.99. The molecule has 1 saturated heterocycles. The fraction of sp³-hybridized carbons (Fsp3) is 0.611. The number of benzene rings is 1. The van der Waals surface area contributed by atoms with E-state index < -0.39 is 10.0 Å². The molecule has 0 aliphatic carbocycles. The maximum atomic E-state index is 11.4. The van der Waals surface area contributed by atoms with Gasteiger partial charge in [0.25, 0.3) is 0 Å². The number of aliphatic imine (C=N–C) groups is 1. The third-order valence-electron chi connectivity index (χ3n) is 4.08. The highest BCUT2D eigenvalue weighted by Gasteiger charge is 2.14. The van der Waals surface area contributed by atoms with Gasteiger partial charge >= 0.3 is 0 Å². The minimum Gasteiger partial charge on any atom is -0.379 e. The first-order valence-corrected chi connectivity index (χ1v) is 10.9. The number of hydrogen-bond donors (Lipinski definition) is 3. The Bertz CT molecular complexity index is 703. The quantitative estimate of drug-likeness (QED) is 0.307. The van der Waals surface area contributed by atoms with E-state index in [2.05, 4.69) is 15.6 Å². The first-order chi connectivity index (χ1) is 13.0. The van der Waals surface area contributed by atoms with Crippen molar-refractivity contribution in [3.05, 3.63) is 29.8 Å². The SMILES string of the molecule is CCNC(=NCc1cccc(S(N)(=O)=O)c1)NCCCOCC1CCCO1. The molecular weight excluding hydrogens is 368 g/mol. The molecule has 27 heavy (non-hydrogen) atoms. The fourth-order valence-electron chi connectivity index (χ4n) is 2.70. The summed E-state index contributed by atoms with van der Waals surface area (Å²) in [4.78, 5) is 4.58. The number of rotatable bonds is 10. The third kappa shape index (κ3) is 8.25. The number of sulfonamides is 1. The molecule has 1 aliphatic heterocycles. The fourth-order valence-corrected chi connectivity index (χ4v) is 3.29. The molecule has 152 valence electrons. The van der Waals surface area contributed by atoms with Crippen LogP contribution in [0.1, 0.15) is 31.7 Å². The standard InChI is InChI=1S/C18H30N4O4S/c1-2-20-18(21-9-5-10-25-14-16-7-4-11-26-16)22-13-15-6-3-8-17(12-15)27(19,23)24/h3,6,8,12,16H,2,4-5,7,9-11,13-14H2,1H3,(H2,19,23,24)(H2,20,21,22). The molecule has 2 rings (SSSR count). The van der Waals surface area contributed by atoms with Crippen LogP contribution in [-0.2, 0) is 26.0 Å². The largest absolute Gasteiger partial charge is 0.379 e. The summed E-state index contributed by atoms with van der Waals surface area (Å²) in [6.07, 6.45) is 3.32. The summed E-state index contributed by atoms with van der Waals surface area (Å²) in [7, 11) is -3.71. The Hall–Kier alpha value is -1.68. The highest BCUT2D eigenvalue weighted by molar-refractivity contribution is 7.89. The van der Waals surface area contributed by atoms with Crippen LogP contribution in [0.4, 0.5) is 0 Å². The second-order valence-electron chi connectivity index (χ2n) is 6.38. The summed E-state index contributed by atoms with van der Waals surface area (Å²) in [5, 5.41) is 11.6. The molecule has 1 fully saturated rings. The highest BCUT2D eigenvalue weighted by Crippen LogP contribution is 2.12. The van der Waals surface area contributed by atoms with Gasteiger partial charge in [-0.1, -0.05) is 12.1 Å². The van der Waals surface area contributed by atoms with Crippen LogP contribution in [0.25, 0.3) is 0 Å². The van der Waals surface area contributed by atoms with Crippen molar-refractivity contribution < 1.29 is 17.9 Å². The van der Waals surface area contributed by atoms with Crippen LogP contribution in [0, 0.1) is 0 Å². The Labute approximate surface area is 161 Å². The second kappa shape index (κ2) is 11.2. The van der Waals surface area contributed by atoms with E-state index in [0.717, 1.165) is 44.5 Å². The molecule has 0 amide bonds. The van der Waals surface area contributed by atoms with Gasteiger partial charge < -0.3 is 20.1 Å². The first kappa shape index (κ1) is 21.6. The van der Waals surface area contributed by atoms with Crippen LogP contribution in [0.3, 0.4) is 0 Å². The van der Waals surface area contributed by atoms with Gasteiger partial charge in [0.1, 0.15) is 0 Å². The van der Waals surface area contributed by atoms with E-state index in [9.17, 15) is 8.42 Å². The predicted molar refractivity (Wildman–Crippen MR) is 105 cm³/mol. The second-order valence-corrected chi connectivity index (χ2v) is 7.94. The van der Waals surface area contributed by atoms with Crippen molar-refractivity contribution >= 4 is 16.0 Å². The lowest BCUT2D eigenvalue weighted by Gasteiger charge is -2.13. The van der Waals surface area contributed by atoms with Crippen molar-refractivity contribution in [2.24, 2.45) is 10.1 Å². The monoisotopic (exact) mass is 398 g/mol. The average Bonchev–Trinajstić information content (AvgIpc) is 3.15. The summed E-state index contributed by atoms with van der Waals surface area (Å²) in [6, 6.07) is 6.50. The lowest BCUT2D eigenvalue weighted by Crippen LogP contribution is -2.38. The van der Waals surface area contributed by atoms with E-state index in [1.54, 1.807) is 12.1 Å². The summed E-state index contributed by atoms with van der Waals surface area (Å²) in [5.74, 6) is 0.678. The van der Waals surface area contributed by atoms with Crippen LogP contribution in [0.2, 0.25) is 0 Å². The molecule has 1 aromatic carbocycles. The van der Waals surface area contributed by atoms with Gasteiger partial charge in [-0.25, -0.2) is 18.5 Å². The molecular formula is C18H30N4O4S. The van der Waals surface area contributed by atoms with E-state index in [0.29, 0.717) is 25.7 Å². The molecule has 1 unspecified atom stereocenters. The van der Waals surface area contributed by atoms with Gasteiger partial charge in [-0.2, -0.15) is 0 Å². The molecule has 1 atom stereocenters.